The van der Waals surface area contributed by atoms with E-state index in [1.54, 1.807) is 16.9 Å². The summed E-state index contributed by atoms with van der Waals surface area (Å²) in [6, 6.07) is 1.57. The molecule has 0 unspecified atom stereocenters. The van der Waals surface area contributed by atoms with Crippen molar-refractivity contribution in [3.05, 3.63) is 35.9 Å². The topological polar surface area (TPSA) is 47.7 Å². The molecule has 5 nitrogen and oxygen atoms in total. The van der Waals surface area contributed by atoms with E-state index in [9.17, 15) is 8.78 Å². The van der Waals surface area contributed by atoms with Crippen molar-refractivity contribution in [3.8, 4) is 0 Å². The van der Waals surface area contributed by atoms with Crippen molar-refractivity contribution >= 4 is 0 Å². The Kier molecular flexibility index (Phi) is 3.48. The summed E-state index contributed by atoms with van der Waals surface area (Å²) < 4.78 is 27.3. The van der Waals surface area contributed by atoms with Gasteiger partial charge in [0, 0.05) is 38.1 Å². The Morgan fingerprint density at radius 3 is 2.82 bits per heavy atom. The molecule has 0 fully saturated rings. The van der Waals surface area contributed by atoms with Crippen molar-refractivity contribution in [2.75, 3.05) is 0 Å². The van der Waals surface area contributed by atoms with Crippen molar-refractivity contribution in [1.82, 2.24) is 24.9 Å². The number of nitrogens with one attached hydrogen (secondary N) is 1. The van der Waals surface area contributed by atoms with Gasteiger partial charge in [0.25, 0.3) is 0 Å². The number of rotatable bonds is 5. The minimum absolute atomic E-state index is 0.346. The van der Waals surface area contributed by atoms with Crippen molar-refractivity contribution in [3.63, 3.8) is 0 Å². The van der Waals surface area contributed by atoms with Gasteiger partial charge in [-0.3, -0.25) is 4.68 Å². The minimum Gasteiger partial charge on any atom is -0.307 e. The third-order valence-electron chi connectivity index (χ3n) is 2.33. The van der Waals surface area contributed by atoms with E-state index in [-0.39, 0.29) is 0 Å². The van der Waals surface area contributed by atoms with Gasteiger partial charge < -0.3 is 5.32 Å². The van der Waals surface area contributed by atoms with Crippen LogP contribution in [-0.2, 0) is 20.1 Å². The maximum Gasteiger partial charge on any atom is 0.333 e. The largest absolute Gasteiger partial charge is 0.333 e. The Hall–Kier alpha value is -1.76. The van der Waals surface area contributed by atoms with Gasteiger partial charge in [0.05, 0.1) is 11.9 Å². The summed E-state index contributed by atoms with van der Waals surface area (Å²) in [4.78, 5) is 0. The summed E-state index contributed by atoms with van der Waals surface area (Å²) >= 11 is 0. The van der Waals surface area contributed by atoms with E-state index < -0.39 is 6.55 Å². The standard InChI is InChI=1S/C10H13F2N5/c1-16-7-8(5-15-16)4-13-6-9-2-3-14-17(9)10(11)12/h2-3,5,7,10,13H,4,6H2,1H3. The van der Waals surface area contributed by atoms with Crippen molar-refractivity contribution in [1.29, 1.82) is 0 Å². The number of aromatic nitrogens is 4. The van der Waals surface area contributed by atoms with Gasteiger partial charge in [-0.25, -0.2) is 4.68 Å². The first-order valence-corrected chi connectivity index (χ1v) is 5.15. The lowest BCUT2D eigenvalue weighted by molar-refractivity contribution is 0.0531. The summed E-state index contributed by atoms with van der Waals surface area (Å²) in [5.74, 6) is 0. The zero-order chi connectivity index (χ0) is 12.3. The molecule has 0 aliphatic heterocycles. The van der Waals surface area contributed by atoms with Crippen LogP contribution in [0.1, 0.15) is 17.8 Å². The van der Waals surface area contributed by atoms with Gasteiger partial charge in [-0.05, 0) is 6.07 Å². The Balaban J connectivity index is 1.88. The molecule has 0 aliphatic rings. The van der Waals surface area contributed by atoms with E-state index >= 15 is 0 Å². The summed E-state index contributed by atoms with van der Waals surface area (Å²) in [5.41, 5.74) is 1.47. The van der Waals surface area contributed by atoms with E-state index in [1.807, 2.05) is 13.2 Å². The van der Waals surface area contributed by atoms with Crippen molar-refractivity contribution in [2.45, 2.75) is 19.6 Å². The first-order chi connectivity index (χ1) is 8.16. The lowest BCUT2D eigenvalue weighted by atomic mass is 10.3. The van der Waals surface area contributed by atoms with Crippen LogP contribution in [-0.4, -0.2) is 19.6 Å². The third-order valence-corrected chi connectivity index (χ3v) is 2.33. The van der Waals surface area contributed by atoms with Gasteiger partial charge in [0.1, 0.15) is 0 Å². The average Bonchev–Trinajstić information content (AvgIpc) is 2.87. The number of halogens is 2. The molecular formula is C10H13F2N5. The maximum absolute atomic E-state index is 12.5. The molecule has 17 heavy (non-hydrogen) atoms. The van der Waals surface area contributed by atoms with E-state index in [1.165, 1.54) is 6.20 Å². The fourth-order valence-electron chi connectivity index (χ4n) is 1.56. The SMILES string of the molecule is Cn1cc(CNCc2ccnn2C(F)F)cn1. The third kappa shape index (κ3) is 2.88. The van der Waals surface area contributed by atoms with Crippen LogP contribution in [0.3, 0.4) is 0 Å². The summed E-state index contributed by atoms with van der Waals surface area (Å²) in [7, 11) is 1.83. The van der Waals surface area contributed by atoms with Crippen LogP contribution in [0, 0.1) is 0 Å². The lowest BCUT2D eigenvalue weighted by Gasteiger charge is -2.06. The molecule has 1 N–H and O–H groups in total. The number of hydrogen-bond donors (Lipinski definition) is 1. The zero-order valence-corrected chi connectivity index (χ0v) is 9.35. The van der Waals surface area contributed by atoms with Crippen LogP contribution in [0.2, 0.25) is 0 Å². The molecule has 0 aliphatic carbocycles. The predicted molar refractivity (Wildman–Crippen MR) is 57.2 cm³/mol. The number of alkyl halides is 2. The molecule has 2 rings (SSSR count). The fraction of sp³-hybridized carbons (Fsp3) is 0.400. The number of hydrogen-bond acceptors (Lipinski definition) is 3. The van der Waals surface area contributed by atoms with Gasteiger partial charge >= 0.3 is 6.55 Å². The first-order valence-electron chi connectivity index (χ1n) is 5.15. The Morgan fingerprint density at radius 2 is 2.18 bits per heavy atom. The molecule has 0 aromatic carbocycles. The monoisotopic (exact) mass is 241 g/mol. The summed E-state index contributed by atoms with van der Waals surface area (Å²) in [6.45, 7) is -1.67. The molecule has 0 saturated heterocycles. The van der Waals surface area contributed by atoms with E-state index in [4.69, 9.17) is 0 Å². The normalized spacial score (nSPS) is 11.3. The highest BCUT2D eigenvalue weighted by Crippen LogP contribution is 2.11. The highest BCUT2D eigenvalue weighted by molar-refractivity contribution is 5.04. The van der Waals surface area contributed by atoms with Gasteiger partial charge in [-0.15, -0.1) is 0 Å². The van der Waals surface area contributed by atoms with E-state index in [0.717, 1.165) is 5.56 Å². The Bertz CT molecular complexity index is 477. The van der Waals surface area contributed by atoms with Crippen LogP contribution in [0.5, 0.6) is 0 Å². The van der Waals surface area contributed by atoms with Crippen LogP contribution in [0.15, 0.2) is 24.7 Å². The van der Waals surface area contributed by atoms with Crippen molar-refractivity contribution < 1.29 is 8.78 Å². The molecule has 0 atom stereocenters. The van der Waals surface area contributed by atoms with E-state index in [2.05, 4.69) is 15.5 Å². The van der Waals surface area contributed by atoms with Gasteiger partial charge in [0.15, 0.2) is 0 Å². The van der Waals surface area contributed by atoms with E-state index in [0.29, 0.717) is 23.5 Å². The maximum atomic E-state index is 12.5. The highest BCUT2D eigenvalue weighted by atomic mass is 19.3. The zero-order valence-electron chi connectivity index (χ0n) is 9.35. The number of aryl methyl sites for hydroxylation is 1. The Labute approximate surface area is 97.0 Å². The highest BCUT2D eigenvalue weighted by Gasteiger charge is 2.10. The molecule has 0 spiro atoms. The minimum atomic E-state index is -2.60. The molecule has 2 heterocycles. The predicted octanol–water partition coefficient (Wildman–Crippen LogP) is 1.30. The van der Waals surface area contributed by atoms with Gasteiger partial charge in [0.2, 0.25) is 0 Å². The second-order valence-electron chi connectivity index (χ2n) is 3.67. The van der Waals surface area contributed by atoms with Crippen LogP contribution >= 0.6 is 0 Å². The molecule has 92 valence electrons. The molecule has 2 aromatic heterocycles. The first kappa shape index (κ1) is 11.7. The Morgan fingerprint density at radius 1 is 1.35 bits per heavy atom. The summed E-state index contributed by atoms with van der Waals surface area (Å²) in [6.07, 6.45) is 4.97. The van der Waals surface area contributed by atoms with Crippen LogP contribution < -0.4 is 5.32 Å². The molecule has 0 radical (unpaired) electrons. The van der Waals surface area contributed by atoms with Crippen molar-refractivity contribution in [2.24, 2.45) is 7.05 Å². The second-order valence-corrected chi connectivity index (χ2v) is 3.67. The quantitative estimate of drug-likeness (QED) is 0.858. The van der Waals surface area contributed by atoms with Crippen LogP contribution in [0.25, 0.3) is 0 Å². The molecule has 7 heteroatoms. The summed E-state index contributed by atoms with van der Waals surface area (Å²) in [5, 5.41) is 10.6. The smallest absolute Gasteiger partial charge is 0.307 e. The molecule has 0 bridgehead atoms. The lowest BCUT2D eigenvalue weighted by Crippen LogP contribution is -2.16. The van der Waals surface area contributed by atoms with Crippen LogP contribution in [0.4, 0.5) is 8.78 Å². The second kappa shape index (κ2) is 5.05. The molecular weight excluding hydrogens is 228 g/mol. The molecule has 0 saturated carbocycles. The molecule has 0 amide bonds. The van der Waals surface area contributed by atoms with Gasteiger partial charge in [-0.1, -0.05) is 0 Å². The average molecular weight is 241 g/mol. The molecule has 2 aromatic rings. The fourth-order valence-corrected chi connectivity index (χ4v) is 1.56. The number of nitrogens with zero attached hydrogens (tertiary/aromatic N) is 4. The van der Waals surface area contributed by atoms with Gasteiger partial charge in [-0.2, -0.15) is 19.0 Å².